The minimum atomic E-state index is -0.175. The Labute approximate surface area is 88.4 Å². The van der Waals surface area contributed by atoms with Gasteiger partial charge in [-0.25, -0.2) is 4.79 Å². The van der Waals surface area contributed by atoms with Crippen molar-refractivity contribution in [2.45, 2.75) is 13.8 Å². The molecule has 2 N–H and O–H groups in total. The molecule has 0 fully saturated rings. The van der Waals surface area contributed by atoms with Crippen molar-refractivity contribution in [1.82, 2.24) is 4.72 Å². The smallest absolute Gasteiger partial charge is 0.307 e. The monoisotopic (exact) mass is 210 g/mol. The van der Waals surface area contributed by atoms with E-state index in [0.29, 0.717) is 0 Å². The third-order valence-electron chi connectivity index (χ3n) is 1.70. The Morgan fingerprint density at radius 2 is 2.14 bits per heavy atom. The summed E-state index contributed by atoms with van der Waals surface area (Å²) in [6, 6.07) is 7.51. The van der Waals surface area contributed by atoms with E-state index in [1.54, 1.807) is 0 Å². The van der Waals surface area contributed by atoms with Gasteiger partial charge in [-0.1, -0.05) is 25.1 Å². The second-order valence-electron chi connectivity index (χ2n) is 2.80. The lowest BCUT2D eigenvalue weighted by molar-refractivity contribution is 0.257. The Bertz CT molecular complexity index is 315. The van der Waals surface area contributed by atoms with Gasteiger partial charge in [0.1, 0.15) is 0 Å². The normalized spacial score (nSPS) is 9.57. The minimum Gasteiger partial charge on any atom is -0.307 e. The Kier molecular flexibility index (Phi) is 4.32. The van der Waals surface area contributed by atoms with Crippen LogP contribution < -0.4 is 10.0 Å². The summed E-state index contributed by atoms with van der Waals surface area (Å²) >= 11 is 1.38. The van der Waals surface area contributed by atoms with Crippen LogP contribution in [0.1, 0.15) is 12.5 Å². The van der Waals surface area contributed by atoms with E-state index >= 15 is 0 Å². The summed E-state index contributed by atoms with van der Waals surface area (Å²) < 4.78 is 2.67. The second kappa shape index (κ2) is 5.54. The number of hydrogen-bond acceptors (Lipinski definition) is 2. The van der Waals surface area contributed by atoms with Gasteiger partial charge in [-0.3, -0.25) is 4.72 Å². The lowest BCUT2D eigenvalue weighted by Gasteiger charge is -2.07. The molecule has 0 spiro atoms. The Morgan fingerprint density at radius 3 is 2.79 bits per heavy atom. The van der Waals surface area contributed by atoms with Crippen molar-refractivity contribution in [2.24, 2.45) is 0 Å². The van der Waals surface area contributed by atoms with Crippen molar-refractivity contribution >= 4 is 23.7 Å². The quantitative estimate of drug-likeness (QED) is 0.753. The SMILES string of the molecule is CCSNC(=O)Nc1ccccc1C. The molecule has 0 radical (unpaired) electrons. The average Bonchev–Trinajstić information content (AvgIpc) is 2.18. The Hall–Kier alpha value is -1.16. The van der Waals surface area contributed by atoms with E-state index in [9.17, 15) is 4.79 Å². The molecule has 0 aliphatic rings. The predicted octanol–water partition coefficient (Wildman–Crippen LogP) is 2.78. The van der Waals surface area contributed by atoms with Gasteiger partial charge < -0.3 is 5.32 Å². The molecule has 76 valence electrons. The summed E-state index contributed by atoms with van der Waals surface area (Å²) in [7, 11) is 0. The molecule has 0 aliphatic heterocycles. The van der Waals surface area contributed by atoms with Gasteiger partial charge in [0, 0.05) is 11.4 Å². The molecule has 0 saturated carbocycles. The Morgan fingerprint density at radius 1 is 1.43 bits per heavy atom. The maximum absolute atomic E-state index is 11.3. The van der Waals surface area contributed by atoms with Gasteiger partial charge in [-0.05, 0) is 30.5 Å². The highest BCUT2D eigenvalue weighted by Crippen LogP contribution is 2.12. The third kappa shape index (κ3) is 3.30. The van der Waals surface area contributed by atoms with Crippen LogP contribution >= 0.6 is 11.9 Å². The molecule has 0 atom stereocenters. The van der Waals surface area contributed by atoms with Gasteiger partial charge in [-0.2, -0.15) is 0 Å². The lowest BCUT2D eigenvalue weighted by atomic mass is 10.2. The summed E-state index contributed by atoms with van der Waals surface area (Å²) in [4.78, 5) is 11.3. The van der Waals surface area contributed by atoms with E-state index in [2.05, 4.69) is 10.0 Å². The zero-order valence-electron chi connectivity index (χ0n) is 8.33. The summed E-state index contributed by atoms with van der Waals surface area (Å²) in [5.74, 6) is 0.862. The zero-order chi connectivity index (χ0) is 10.4. The zero-order valence-corrected chi connectivity index (χ0v) is 9.15. The minimum absolute atomic E-state index is 0.175. The van der Waals surface area contributed by atoms with Crippen LogP contribution in [0.2, 0.25) is 0 Å². The van der Waals surface area contributed by atoms with Gasteiger partial charge >= 0.3 is 6.03 Å². The van der Waals surface area contributed by atoms with Crippen LogP contribution in [0, 0.1) is 6.92 Å². The van der Waals surface area contributed by atoms with Gasteiger partial charge in [-0.15, -0.1) is 0 Å². The molecule has 14 heavy (non-hydrogen) atoms. The highest BCUT2D eigenvalue weighted by Gasteiger charge is 2.01. The average molecular weight is 210 g/mol. The van der Waals surface area contributed by atoms with Gasteiger partial charge in [0.25, 0.3) is 0 Å². The number of benzene rings is 1. The number of para-hydroxylation sites is 1. The first-order valence-corrected chi connectivity index (χ1v) is 5.47. The molecule has 0 saturated heterocycles. The van der Waals surface area contributed by atoms with E-state index in [4.69, 9.17) is 0 Å². The number of aryl methyl sites for hydroxylation is 1. The van der Waals surface area contributed by atoms with Crippen LogP contribution in [-0.4, -0.2) is 11.8 Å². The number of carbonyl (C=O) groups excluding carboxylic acids is 1. The molecule has 0 bridgehead atoms. The van der Waals surface area contributed by atoms with Crippen molar-refractivity contribution < 1.29 is 4.79 Å². The molecule has 2 amide bonds. The summed E-state index contributed by atoms with van der Waals surface area (Å²) in [5.41, 5.74) is 1.91. The standard InChI is InChI=1S/C10H14N2OS/c1-3-14-12-10(13)11-9-7-5-4-6-8(9)2/h4-7H,3H2,1-2H3,(H2,11,12,13). The fourth-order valence-electron chi connectivity index (χ4n) is 0.999. The molecule has 1 aromatic rings. The van der Waals surface area contributed by atoms with E-state index in [0.717, 1.165) is 17.0 Å². The van der Waals surface area contributed by atoms with Crippen LogP contribution in [0.25, 0.3) is 0 Å². The maximum Gasteiger partial charge on any atom is 0.329 e. The number of carbonyl (C=O) groups is 1. The molecule has 3 nitrogen and oxygen atoms in total. The van der Waals surface area contributed by atoms with E-state index in [1.807, 2.05) is 38.1 Å². The predicted molar refractivity (Wildman–Crippen MR) is 61.5 cm³/mol. The molecular weight excluding hydrogens is 196 g/mol. The number of hydrogen-bond donors (Lipinski definition) is 2. The molecule has 4 heteroatoms. The maximum atomic E-state index is 11.3. The fourth-order valence-corrected chi connectivity index (χ4v) is 1.33. The summed E-state index contributed by atoms with van der Waals surface area (Å²) in [6.45, 7) is 3.95. The molecule has 0 aliphatic carbocycles. The van der Waals surface area contributed by atoms with Crippen molar-refractivity contribution in [2.75, 3.05) is 11.1 Å². The first kappa shape index (κ1) is 10.9. The fraction of sp³-hybridized carbons (Fsp3) is 0.300. The van der Waals surface area contributed by atoms with Gasteiger partial charge in [0.15, 0.2) is 0 Å². The number of rotatable bonds is 3. The second-order valence-corrected chi connectivity index (χ2v) is 3.87. The molecular formula is C10H14N2OS. The molecule has 0 aromatic heterocycles. The van der Waals surface area contributed by atoms with Crippen LogP contribution in [0.4, 0.5) is 10.5 Å². The highest BCUT2D eigenvalue weighted by atomic mass is 32.2. The van der Waals surface area contributed by atoms with Gasteiger partial charge in [0.2, 0.25) is 0 Å². The number of anilines is 1. The van der Waals surface area contributed by atoms with Gasteiger partial charge in [0.05, 0.1) is 0 Å². The van der Waals surface area contributed by atoms with Crippen molar-refractivity contribution in [3.63, 3.8) is 0 Å². The number of amides is 2. The number of urea groups is 1. The molecule has 1 aromatic carbocycles. The first-order valence-electron chi connectivity index (χ1n) is 4.48. The molecule has 0 unspecified atom stereocenters. The van der Waals surface area contributed by atoms with E-state index < -0.39 is 0 Å². The molecule has 1 rings (SSSR count). The largest absolute Gasteiger partial charge is 0.329 e. The van der Waals surface area contributed by atoms with Crippen molar-refractivity contribution in [1.29, 1.82) is 0 Å². The first-order chi connectivity index (χ1) is 6.74. The lowest BCUT2D eigenvalue weighted by Crippen LogP contribution is -2.23. The third-order valence-corrected chi connectivity index (χ3v) is 2.32. The van der Waals surface area contributed by atoms with E-state index in [-0.39, 0.29) is 6.03 Å². The summed E-state index contributed by atoms with van der Waals surface area (Å²) in [5, 5.41) is 2.77. The highest BCUT2D eigenvalue weighted by molar-refractivity contribution is 7.97. The Balaban J connectivity index is 2.52. The van der Waals surface area contributed by atoms with Crippen molar-refractivity contribution in [3.8, 4) is 0 Å². The molecule has 0 heterocycles. The van der Waals surface area contributed by atoms with Crippen LogP contribution in [0.3, 0.4) is 0 Å². The van der Waals surface area contributed by atoms with Crippen LogP contribution in [0.15, 0.2) is 24.3 Å². The van der Waals surface area contributed by atoms with Crippen molar-refractivity contribution in [3.05, 3.63) is 29.8 Å². The van der Waals surface area contributed by atoms with Crippen LogP contribution in [-0.2, 0) is 0 Å². The topological polar surface area (TPSA) is 41.1 Å². The van der Waals surface area contributed by atoms with Crippen LogP contribution in [0.5, 0.6) is 0 Å². The number of nitrogens with one attached hydrogen (secondary N) is 2. The summed E-state index contributed by atoms with van der Waals surface area (Å²) in [6.07, 6.45) is 0. The van der Waals surface area contributed by atoms with E-state index in [1.165, 1.54) is 11.9 Å².